The molecule has 112 valence electrons. The van der Waals surface area contributed by atoms with Gasteiger partial charge in [0.1, 0.15) is 0 Å². The van der Waals surface area contributed by atoms with Gasteiger partial charge < -0.3 is 10.1 Å². The Bertz CT molecular complexity index is 420. The molecule has 2 heterocycles. The predicted octanol–water partition coefficient (Wildman–Crippen LogP) is 2.28. The fourth-order valence-electron chi connectivity index (χ4n) is 2.27. The Labute approximate surface area is 125 Å². The van der Waals surface area contributed by atoms with Crippen LogP contribution in [-0.2, 0) is 9.53 Å². The van der Waals surface area contributed by atoms with E-state index < -0.39 is 0 Å². The minimum Gasteiger partial charge on any atom is -0.379 e. The second-order valence-corrected chi connectivity index (χ2v) is 6.96. The summed E-state index contributed by atoms with van der Waals surface area (Å²) in [4.78, 5) is 14.5. The molecule has 0 bridgehead atoms. The van der Waals surface area contributed by atoms with Crippen molar-refractivity contribution >= 4 is 17.2 Å². The fourth-order valence-corrected chi connectivity index (χ4v) is 2.97. The third-order valence-electron chi connectivity index (χ3n) is 3.55. The summed E-state index contributed by atoms with van der Waals surface area (Å²) < 4.78 is 5.42. The minimum atomic E-state index is -0.343. The van der Waals surface area contributed by atoms with Crippen LogP contribution in [0.4, 0.5) is 0 Å². The van der Waals surface area contributed by atoms with Crippen molar-refractivity contribution in [3.8, 4) is 0 Å². The van der Waals surface area contributed by atoms with Crippen molar-refractivity contribution in [2.24, 2.45) is 5.41 Å². The van der Waals surface area contributed by atoms with Crippen LogP contribution in [0.25, 0.3) is 0 Å². The van der Waals surface area contributed by atoms with Gasteiger partial charge in [0.2, 0.25) is 5.91 Å². The molecule has 1 amide bonds. The van der Waals surface area contributed by atoms with Gasteiger partial charge >= 0.3 is 0 Å². The van der Waals surface area contributed by atoms with Crippen LogP contribution in [0.15, 0.2) is 16.8 Å². The van der Waals surface area contributed by atoms with Gasteiger partial charge in [0.25, 0.3) is 0 Å². The Kier molecular flexibility index (Phi) is 5.18. The Morgan fingerprint density at radius 2 is 2.15 bits per heavy atom. The summed E-state index contributed by atoms with van der Waals surface area (Å²) in [5, 5.41) is 7.35. The fraction of sp³-hybridized carbons (Fsp3) is 0.667. The van der Waals surface area contributed by atoms with E-state index in [4.69, 9.17) is 4.74 Å². The van der Waals surface area contributed by atoms with E-state index in [-0.39, 0.29) is 17.4 Å². The van der Waals surface area contributed by atoms with Crippen molar-refractivity contribution in [2.75, 3.05) is 32.8 Å². The van der Waals surface area contributed by atoms with Crippen LogP contribution in [-0.4, -0.2) is 43.7 Å². The first-order chi connectivity index (χ1) is 9.48. The molecule has 0 spiro atoms. The van der Waals surface area contributed by atoms with Gasteiger partial charge in [-0.3, -0.25) is 9.69 Å². The van der Waals surface area contributed by atoms with Gasteiger partial charge in [-0.2, -0.15) is 11.3 Å². The largest absolute Gasteiger partial charge is 0.379 e. The molecule has 1 unspecified atom stereocenters. The van der Waals surface area contributed by atoms with Crippen molar-refractivity contribution in [1.82, 2.24) is 10.2 Å². The van der Waals surface area contributed by atoms with Crippen LogP contribution < -0.4 is 5.32 Å². The van der Waals surface area contributed by atoms with Crippen molar-refractivity contribution in [3.63, 3.8) is 0 Å². The van der Waals surface area contributed by atoms with E-state index in [9.17, 15) is 4.79 Å². The van der Waals surface area contributed by atoms with E-state index in [0.29, 0.717) is 6.54 Å². The first kappa shape index (κ1) is 15.5. The minimum absolute atomic E-state index is 0.103. The molecule has 1 atom stereocenters. The zero-order chi connectivity index (χ0) is 14.6. The number of hydrogen-bond acceptors (Lipinski definition) is 4. The number of carbonyl (C=O) groups is 1. The molecule has 1 aromatic heterocycles. The van der Waals surface area contributed by atoms with Crippen LogP contribution >= 0.6 is 11.3 Å². The smallest absolute Gasteiger partial charge is 0.225 e. The Morgan fingerprint density at radius 1 is 1.45 bits per heavy atom. The van der Waals surface area contributed by atoms with E-state index in [1.807, 2.05) is 20.8 Å². The van der Waals surface area contributed by atoms with Crippen molar-refractivity contribution in [1.29, 1.82) is 0 Å². The highest BCUT2D eigenvalue weighted by atomic mass is 32.1. The zero-order valence-corrected chi connectivity index (χ0v) is 13.3. The monoisotopic (exact) mass is 296 g/mol. The van der Waals surface area contributed by atoms with Gasteiger partial charge in [0, 0.05) is 25.0 Å². The molecule has 2 rings (SSSR count). The van der Waals surface area contributed by atoms with E-state index in [2.05, 4.69) is 27.0 Å². The topological polar surface area (TPSA) is 41.6 Å². The lowest BCUT2D eigenvalue weighted by atomic mass is 9.95. The first-order valence-corrected chi connectivity index (χ1v) is 8.05. The van der Waals surface area contributed by atoms with Crippen LogP contribution in [0.3, 0.4) is 0 Å². The highest BCUT2D eigenvalue weighted by Gasteiger charge is 2.26. The number of amides is 1. The third kappa shape index (κ3) is 4.04. The molecule has 1 aliphatic rings. The summed E-state index contributed by atoms with van der Waals surface area (Å²) >= 11 is 1.70. The Hall–Kier alpha value is -0.910. The number of nitrogens with one attached hydrogen (secondary N) is 1. The van der Waals surface area contributed by atoms with Gasteiger partial charge in [-0.05, 0) is 22.4 Å². The van der Waals surface area contributed by atoms with E-state index in [1.54, 1.807) is 11.3 Å². The number of hydrogen-bond donors (Lipinski definition) is 1. The molecule has 1 saturated heterocycles. The summed E-state index contributed by atoms with van der Waals surface area (Å²) in [6.07, 6.45) is 0. The zero-order valence-electron chi connectivity index (χ0n) is 12.5. The highest BCUT2D eigenvalue weighted by Crippen LogP contribution is 2.24. The summed E-state index contributed by atoms with van der Waals surface area (Å²) in [5.41, 5.74) is 0.940. The predicted molar refractivity (Wildman–Crippen MR) is 81.9 cm³/mol. The van der Waals surface area contributed by atoms with Crippen LogP contribution in [0, 0.1) is 5.41 Å². The quantitative estimate of drug-likeness (QED) is 0.927. The molecule has 4 nitrogen and oxygen atoms in total. The van der Waals surface area contributed by atoms with Crippen LogP contribution in [0.5, 0.6) is 0 Å². The van der Waals surface area contributed by atoms with Crippen LogP contribution in [0.2, 0.25) is 0 Å². The first-order valence-electron chi connectivity index (χ1n) is 7.10. The molecule has 1 fully saturated rings. The summed E-state index contributed by atoms with van der Waals surface area (Å²) in [6.45, 7) is 9.87. The molecule has 0 aliphatic carbocycles. The standard InChI is InChI=1S/C15H24N2O2S/c1-15(2,3)14(18)16-10-13(12-4-9-20-11-12)17-5-7-19-8-6-17/h4,9,11,13H,5-8,10H2,1-3H3,(H,16,18). The normalized spacial score (nSPS) is 18.8. The second-order valence-electron chi connectivity index (χ2n) is 6.18. The average molecular weight is 296 g/mol. The number of carbonyl (C=O) groups excluding carboxylic acids is 1. The number of nitrogens with zero attached hydrogens (tertiary/aromatic N) is 1. The SMILES string of the molecule is CC(C)(C)C(=O)NCC(c1ccsc1)N1CCOCC1. The lowest BCUT2D eigenvalue weighted by Gasteiger charge is -2.35. The maximum absolute atomic E-state index is 12.1. The number of ether oxygens (including phenoxy) is 1. The molecule has 0 saturated carbocycles. The maximum Gasteiger partial charge on any atom is 0.225 e. The van der Waals surface area contributed by atoms with E-state index in [1.165, 1.54) is 5.56 Å². The summed E-state index contributed by atoms with van der Waals surface area (Å²) in [7, 11) is 0. The molecule has 0 aromatic carbocycles. The summed E-state index contributed by atoms with van der Waals surface area (Å²) in [6, 6.07) is 2.39. The van der Waals surface area contributed by atoms with Crippen molar-refractivity contribution in [3.05, 3.63) is 22.4 Å². The van der Waals surface area contributed by atoms with Gasteiger partial charge in [-0.25, -0.2) is 0 Å². The summed E-state index contributed by atoms with van der Waals surface area (Å²) in [5.74, 6) is 0.103. The highest BCUT2D eigenvalue weighted by molar-refractivity contribution is 7.07. The molecule has 1 aromatic rings. The van der Waals surface area contributed by atoms with Gasteiger partial charge in [0.15, 0.2) is 0 Å². The second kappa shape index (κ2) is 6.70. The van der Waals surface area contributed by atoms with Crippen molar-refractivity contribution in [2.45, 2.75) is 26.8 Å². The maximum atomic E-state index is 12.1. The molecule has 20 heavy (non-hydrogen) atoms. The lowest BCUT2D eigenvalue weighted by Crippen LogP contribution is -2.45. The molecular formula is C15H24N2O2S. The molecule has 5 heteroatoms. The van der Waals surface area contributed by atoms with Gasteiger partial charge in [0.05, 0.1) is 19.3 Å². The number of morpholine rings is 1. The van der Waals surface area contributed by atoms with E-state index >= 15 is 0 Å². The van der Waals surface area contributed by atoms with Gasteiger partial charge in [-0.15, -0.1) is 0 Å². The average Bonchev–Trinajstić information content (AvgIpc) is 2.93. The molecular weight excluding hydrogens is 272 g/mol. The third-order valence-corrected chi connectivity index (χ3v) is 4.25. The number of thiophene rings is 1. The number of rotatable bonds is 4. The van der Waals surface area contributed by atoms with Gasteiger partial charge in [-0.1, -0.05) is 20.8 Å². The molecule has 1 N–H and O–H groups in total. The molecule has 0 radical (unpaired) electrons. The van der Waals surface area contributed by atoms with Crippen LogP contribution in [0.1, 0.15) is 32.4 Å². The Balaban J connectivity index is 2.02. The lowest BCUT2D eigenvalue weighted by molar-refractivity contribution is -0.128. The van der Waals surface area contributed by atoms with E-state index in [0.717, 1.165) is 26.3 Å². The van der Waals surface area contributed by atoms with Crippen molar-refractivity contribution < 1.29 is 9.53 Å². The Morgan fingerprint density at radius 3 is 2.70 bits per heavy atom. The molecule has 1 aliphatic heterocycles.